The molecule has 32 heavy (non-hydrogen) atoms. The van der Waals surface area contributed by atoms with Crippen LogP contribution in [0.5, 0.6) is 11.8 Å². The van der Waals surface area contributed by atoms with Crippen LogP contribution in [0.25, 0.3) is 17.1 Å². The summed E-state index contributed by atoms with van der Waals surface area (Å²) in [6.07, 6.45) is 0. The van der Waals surface area contributed by atoms with Crippen LogP contribution in [0.4, 0.5) is 0 Å². The molecule has 0 unspecified atom stereocenters. The van der Waals surface area contributed by atoms with E-state index < -0.39 is 0 Å². The third-order valence-corrected chi connectivity index (χ3v) is 5.43. The van der Waals surface area contributed by atoms with E-state index in [0.717, 1.165) is 16.8 Å². The van der Waals surface area contributed by atoms with Gasteiger partial charge in [0.1, 0.15) is 5.75 Å². The minimum absolute atomic E-state index is 0.109. The minimum atomic E-state index is -0.321. The van der Waals surface area contributed by atoms with Crippen LogP contribution >= 0.6 is 0 Å². The normalized spacial score (nSPS) is 10.8. The van der Waals surface area contributed by atoms with Gasteiger partial charge in [-0.05, 0) is 48.7 Å². The van der Waals surface area contributed by atoms with Crippen molar-refractivity contribution in [2.24, 2.45) is 0 Å². The summed E-state index contributed by atoms with van der Waals surface area (Å²) >= 11 is 0. The van der Waals surface area contributed by atoms with Gasteiger partial charge in [-0.15, -0.1) is 5.10 Å². The number of rotatable bonds is 5. The van der Waals surface area contributed by atoms with Crippen molar-refractivity contribution in [3.8, 4) is 28.8 Å². The molecule has 162 valence electrons. The molecule has 0 atom stereocenters. The highest BCUT2D eigenvalue weighted by atomic mass is 16.3. The highest BCUT2D eigenvalue weighted by Crippen LogP contribution is 2.33. The zero-order valence-corrected chi connectivity index (χ0v) is 18.1. The molecule has 1 heterocycles. The van der Waals surface area contributed by atoms with Gasteiger partial charge in [-0.2, -0.15) is 0 Å². The average molecular weight is 428 g/mol. The first-order chi connectivity index (χ1) is 15.4. The predicted molar refractivity (Wildman–Crippen MR) is 122 cm³/mol. The number of para-hydroxylation sites is 1. The number of amides is 1. The predicted octanol–water partition coefficient (Wildman–Crippen LogP) is 4.23. The summed E-state index contributed by atoms with van der Waals surface area (Å²) in [6, 6.07) is 20.1. The average Bonchev–Trinajstić information content (AvgIpc) is 3.15. The van der Waals surface area contributed by atoms with Gasteiger partial charge in [-0.1, -0.05) is 53.6 Å². The highest BCUT2D eigenvalue weighted by molar-refractivity contribution is 5.98. The summed E-state index contributed by atoms with van der Waals surface area (Å²) < 4.78 is 1.54. The summed E-state index contributed by atoms with van der Waals surface area (Å²) in [7, 11) is 1.69. The molecular formula is C25H24N4O3. The molecule has 0 bridgehead atoms. The van der Waals surface area contributed by atoms with Gasteiger partial charge in [-0.25, -0.2) is 4.57 Å². The van der Waals surface area contributed by atoms with E-state index in [2.05, 4.69) is 10.2 Å². The van der Waals surface area contributed by atoms with Crippen LogP contribution in [0.15, 0.2) is 66.7 Å². The van der Waals surface area contributed by atoms with Crippen molar-refractivity contribution in [1.29, 1.82) is 0 Å². The van der Waals surface area contributed by atoms with Crippen molar-refractivity contribution in [2.45, 2.75) is 20.4 Å². The van der Waals surface area contributed by atoms with E-state index in [0.29, 0.717) is 23.5 Å². The van der Waals surface area contributed by atoms with Gasteiger partial charge in [0.05, 0.1) is 11.3 Å². The molecule has 0 saturated heterocycles. The molecule has 0 aliphatic rings. The highest BCUT2D eigenvalue weighted by Gasteiger charge is 2.23. The fourth-order valence-electron chi connectivity index (χ4n) is 3.73. The molecule has 0 saturated carbocycles. The molecule has 1 aromatic heterocycles. The van der Waals surface area contributed by atoms with E-state index in [4.69, 9.17) is 0 Å². The lowest BCUT2D eigenvalue weighted by atomic mass is 10.0. The molecular weight excluding hydrogens is 404 g/mol. The molecule has 7 nitrogen and oxygen atoms in total. The Hall–Kier alpha value is -4.13. The zero-order valence-electron chi connectivity index (χ0n) is 18.1. The van der Waals surface area contributed by atoms with Crippen molar-refractivity contribution < 1.29 is 15.0 Å². The fourth-order valence-corrected chi connectivity index (χ4v) is 3.73. The number of carbonyl (C=O) groups is 1. The number of hydrogen-bond acceptors (Lipinski definition) is 5. The SMILES string of the molecule is Cc1cc(O)c(C(=O)N(C)Cc2ccccc2)cc1-c1nnc(O)n1-c1ccccc1C. The number of nitrogens with zero attached hydrogens (tertiary/aromatic N) is 4. The Bertz CT molecular complexity index is 1280. The molecule has 0 fully saturated rings. The number of aromatic nitrogens is 3. The van der Waals surface area contributed by atoms with E-state index in [9.17, 15) is 15.0 Å². The van der Waals surface area contributed by atoms with Crippen LogP contribution in [0.1, 0.15) is 27.0 Å². The van der Waals surface area contributed by atoms with Gasteiger partial charge >= 0.3 is 6.01 Å². The topological polar surface area (TPSA) is 91.5 Å². The van der Waals surface area contributed by atoms with Crippen molar-refractivity contribution in [2.75, 3.05) is 7.05 Å². The van der Waals surface area contributed by atoms with Crippen molar-refractivity contribution in [1.82, 2.24) is 19.7 Å². The summed E-state index contributed by atoms with van der Waals surface area (Å²) in [5, 5.41) is 29.0. The largest absolute Gasteiger partial charge is 0.507 e. The third kappa shape index (κ3) is 3.92. The lowest BCUT2D eigenvalue weighted by molar-refractivity contribution is 0.0782. The van der Waals surface area contributed by atoms with E-state index in [1.807, 2.05) is 68.4 Å². The first-order valence-electron chi connectivity index (χ1n) is 10.2. The second-order valence-electron chi connectivity index (χ2n) is 7.78. The molecule has 4 rings (SSSR count). The van der Waals surface area contributed by atoms with Gasteiger partial charge in [0.2, 0.25) is 0 Å². The van der Waals surface area contributed by atoms with E-state index in [1.165, 1.54) is 10.6 Å². The van der Waals surface area contributed by atoms with Gasteiger partial charge in [0, 0.05) is 19.2 Å². The number of hydrogen-bond donors (Lipinski definition) is 2. The first-order valence-corrected chi connectivity index (χ1v) is 10.2. The molecule has 0 aliphatic carbocycles. The van der Waals surface area contributed by atoms with Gasteiger partial charge in [0.25, 0.3) is 5.91 Å². The second kappa shape index (κ2) is 8.55. The molecule has 2 N–H and O–H groups in total. The summed E-state index contributed by atoms with van der Waals surface area (Å²) in [6.45, 7) is 4.14. The van der Waals surface area contributed by atoms with Crippen molar-refractivity contribution >= 4 is 5.91 Å². The smallest absolute Gasteiger partial charge is 0.319 e. The maximum Gasteiger partial charge on any atom is 0.319 e. The maximum atomic E-state index is 13.2. The number of benzene rings is 3. The van der Waals surface area contributed by atoms with Crippen LogP contribution in [0.2, 0.25) is 0 Å². The molecule has 4 aromatic rings. The first kappa shape index (κ1) is 21.1. The summed E-state index contributed by atoms with van der Waals surface area (Å²) in [5.74, 6) is -0.0461. The number of phenols is 1. The molecule has 1 amide bonds. The maximum absolute atomic E-state index is 13.2. The fraction of sp³-hybridized carbons (Fsp3) is 0.160. The van der Waals surface area contributed by atoms with Crippen molar-refractivity contribution in [3.05, 3.63) is 89.0 Å². The van der Waals surface area contributed by atoms with Crippen molar-refractivity contribution in [3.63, 3.8) is 0 Å². The number of aromatic hydroxyl groups is 2. The lowest BCUT2D eigenvalue weighted by Gasteiger charge is -2.19. The van der Waals surface area contributed by atoms with E-state index in [-0.39, 0.29) is 23.2 Å². The zero-order chi connectivity index (χ0) is 22.8. The third-order valence-electron chi connectivity index (χ3n) is 5.43. The minimum Gasteiger partial charge on any atom is -0.507 e. The van der Waals surface area contributed by atoms with Gasteiger partial charge in [-0.3, -0.25) is 4.79 Å². The Kier molecular flexibility index (Phi) is 5.64. The Morgan fingerprint density at radius 1 is 0.938 bits per heavy atom. The molecule has 0 aliphatic heterocycles. The molecule has 3 aromatic carbocycles. The summed E-state index contributed by atoms with van der Waals surface area (Å²) in [5.41, 5.74) is 4.09. The molecule has 0 spiro atoms. The number of aryl methyl sites for hydroxylation is 2. The monoisotopic (exact) mass is 428 g/mol. The number of phenolic OH excluding ortho intramolecular Hbond substituents is 1. The van der Waals surface area contributed by atoms with E-state index >= 15 is 0 Å². The molecule has 0 radical (unpaired) electrons. The van der Waals surface area contributed by atoms with Gasteiger partial charge in [0.15, 0.2) is 5.82 Å². The van der Waals surface area contributed by atoms with Crippen LogP contribution in [-0.4, -0.2) is 42.8 Å². The summed E-state index contributed by atoms with van der Waals surface area (Å²) in [4.78, 5) is 14.7. The van der Waals surface area contributed by atoms with E-state index in [1.54, 1.807) is 18.0 Å². The van der Waals surface area contributed by atoms with Crippen LogP contribution in [0.3, 0.4) is 0 Å². The Balaban J connectivity index is 1.76. The quantitative estimate of drug-likeness (QED) is 0.496. The number of carbonyl (C=O) groups excluding carboxylic acids is 1. The van der Waals surface area contributed by atoms with Crippen LogP contribution in [0, 0.1) is 13.8 Å². The van der Waals surface area contributed by atoms with Crippen LogP contribution in [-0.2, 0) is 6.54 Å². The Morgan fingerprint density at radius 2 is 1.62 bits per heavy atom. The van der Waals surface area contributed by atoms with Gasteiger partial charge < -0.3 is 15.1 Å². The second-order valence-corrected chi connectivity index (χ2v) is 7.78. The lowest BCUT2D eigenvalue weighted by Crippen LogP contribution is -2.26. The van der Waals surface area contributed by atoms with Crippen LogP contribution < -0.4 is 0 Å². The standard InChI is InChI=1S/C25H24N4O3/c1-16-9-7-8-12-21(16)29-23(26-27-25(29)32)19-14-20(22(30)13-17(19)2)24(31)28(3)15-18-10-5-4-6-11-18/h4-14,30H,15H2,1-3H3,(H,27,32). The molecule has 7 heteroatoms. The Labute approximate surface area is 186 Å². The Morgan fingerprint density at radius 3 is 2.34 bits per heavy atom.